The number of carbonyl (C=O) groups is 3. The Morgan fingerprint density at radius 1 is 0.939 bits per heavy atom. The second-order valence-electron chi connectivity index (χ2n) is 7.25. The van der Waals surface area contributed by atoms with E-state index in [1.165, 1.54) is 6.08 Å². The van der Waals surface area contributed by atoms with Crippen molar-refractivity contribution in [2.24, 2.45) is 0 Å². The summed E-state index contributed by atoms with van der Waals surface area (Å²) in [6, 6.07) is 23.2. The zero-order chi connectivity index (χ0) is 23.2. The molecular formula is C26H22N2O5. The Morgan fingerprint density at radius 3 is 2.30 bits per heavy atom. The van der Waals surface area contributed by atoms with E-state index in [0.717, 1.165) is 10.6 Å². The van der Waals surface area contributed by atoms with Crippen LogP contribution in [-0.4, -0.2) is 24.4 Å². The minimum Gasteiger partial charge on any atom is -0.489 e. The molecule has 2 amide bonds. The predicted molar refractivity (Wildman–Crippen MR) is 123 cm³/mol. The molecule has 1 saturated heterocycles. The molecule has 166 valence electrons. The van der Waals surface area contributed by atoms with Crippen molar-refractivity contribution in [1.82, 2.24) is 5.43 Å². The molecule has 0 atom stereocenters. The third kappa shape index (κ3) is 5.10. The molecule has 1 aliphatic heterocycles. The molecule has 1 aliphatic rings. The maximum absolute atomic E-state index is 12.8. The van der Waals surface area contributed by atoms with Crippen molar-refractivity contribution in [1.29, 1.82) is 0 Å². The molecule has 7 nitrogen and oxygen atoms in total. The van der Waals surface area contributed by atoms with Crippen LogP contribution in [0.5, 0.6) is 5.75 Å². The first-order chi connectivity index (χ1) is 16.0. The van der Waals surface area contributed by atoms with Gasteiger partial charge in [0.25, 0.3) is 11.8 Å². The molecule has 3 aromatic rings. The van der Waals surface area contributed by atoms with Gasteiger partial charge in [-0.15, -0.1) is 0 Å². The lowest BCUT2D eigenvalue weighted by Crippen LogP contribution is -2.35. The first-order valence-electron chi connectivity index (χ1n) is 10.5. The van der Waals surface area contributed by atoms with Crippen LogP contribution in [0.1, 0.15) is 28.4 Å². The van der Waals surface area contributed by atoms with Crippen LogP contribution in [-0.2, 0) is 20.9 Å². The third-order valence-electron chi connectivity index (χ3n) is 4.97. The number of hydrazine groups is 1. The fourth-order valence-corrected chi connectivity index (χ4v) is 3.27. The van der Waals surface area contributed by atoms with E-state index in [2.05, 4.69) is 5.43 Å². The number of hydrogen-bond acceptors (Lipinski definition) is 5. The highest BCUT2D eigenvalue weighted by Crippen LogP contribution is 2.23. The van der Waals surface area contributed by atoms with Gasteiger partial charge in [-0.2, -0.15) is 0 Å². The van der Waals surface area contributed by atoms with Crippen molar-refractivity contribution in [3.05, 3.63) is 101 Å². The highest BCUT2D eigenvalue weighted by molar-refractivity contribution is 6.31. The van der Waals surface area contributed by atoms with Crippen LogP contribution in [0.4, 0.5) is 5.69 Å². The largest absolute Gasteiger partial charge is 0.489 e. The van der Waals surface area contributed by atoms with E-state index in [1.807, 2.05) is 30.3 Å². The van der Waals surface area contributed by atoms with Crippen molar-refractivity contribution >= 4 is 29.5 Å². The molecule has 3 aromatic carbocycles. The van der Waals surface area contributed by atoms with E-state index in [-0.39, 0.29) is 12.2 Å². The van der Waals surface area contributed by atoms with Crippen LogP contribution in [0.25, 0.3) is 6.08 Å². The van der Waals surface area contributed by atoms with Gasteiger partial charge < -0.3 is 9.47 Å². The number of rotatable bonds is 7. The molecule has 0 saturated carbocycles. The average Bonchev–Trinajstić information content (AvgIpc) is 3.13. The van der Waals surface area contributed by atoms with Gasteiger partial charge >= 0.3 is 5.97 Å². The molecule has 0 unspecified atom stereocenters. The van der Waals surface area contributed by atoms with E-state index in [0.29, 0.717) is 29.2 Å². The minimum atomic E-state index is -0.501. The molecular weight excluding hydrogens is 420 g/mol. The Balaban J connectivity index is 1.43. The SMILES string of the molecule is CCOC(=O)c1ccc(N2NC(=O)C(=Cc3ccc(OCc4ccccc4)cc3)C2=O)cc1. The Hall–Kier alpha value is -4.39. The highest BCUT2D eigenvalue weighted by atomic mass is 16.5. The van der Waals surface area contributed by atoms with E-state index >= 15 is 0 Å². The molecule has 33 heavy (non-hydrogen) atoms. The summed E-state index contributed by atoms with van der Waals surface area (Å²) >= 11 is 0. The maximum Gasteiger partial charge on any atom is 0.338 e. The Bertz CT molecular complexity index is 1190. The lowest BCUT2D eigenvalue weighted by Gasteiger charge is -2.14. The zero-order valence-corrected chi connectivity index (χ0v) is 18.0. The molecule has 0 aliphatic carbocycles. The van der Waals surface area contributed by atoms with Crippen LogP contribution >= 0.6 is 0 Å². The van der Waals surface area contributed by atoms with E-state index < -0.39 is 17.8 Å². The van der Waals surface area contributed by atoms with Gasteiger partial charge in [-0.05, 0) is 60.5 Å². The minimum absolute atomic E-state index is 0.0161. The molecule has 1 N–H and O–H groups in total. The molecule has 1 heterocycles. The van der Waals surface area contributed by atoms with Gasteiger partial charge in [0.05, 0.1) is 17.9 Å². The van der Waals surface area contributed by atoms with E-state index in [9.17, 15) is 14.4 Å². The standard InChI is InChI=1S/C26H22N2O5/c1-2-32-26(31)20-10-12-21(13-11-20)28-25(30)23(24(29)27-28)16-18-8-14-22(15-9-18)33-17-19-6-4-3-5-7-19/h3-16H,2,17H2,1H3,(H,27,29). The number of ether oxygens (including phenoxy) is 2. The van der Waals surface area contributed by atoms with Crippen molar-refractivity contribution in [3.8, 4) is 5.75 Å². The predicted octanol–water partition coefficient (Wildman–Crippen LogP) is 3.90. The van der Waals surface area contributed by atoms with Crippen molar-refractivity contribution in [2.45, 2.75) is 13.5 Å². The monoisotopic (exact) mass is 442 g/mol. The van der Waals surface area contributed by atoms with Crippen molar-refractivity contribution < 1.29 is 23.9 Å². The second-order valence-corrected chi connectivity index (χ2v) is 7.25. The summed E-state index contributed by atoms with van der Waals surface area (Å²) in [5.74, 6) is -0.740. The summed E-state index contributed by atoms with van der Waals surface area (Å²) in [5.41, 5.74) is 5.13. The van der Waals surface area contributed by atoms with Crippen LogP contribution in [0, 0.1) is 0 Å². The molecule has 0 radical (unpaired) electrons. The number of esters is 1. The summed E-state index contributed by atoms with van der Waals surface area (Å²) < 4.78 is 10.7. The Morgan fingerprint density at radius 2 is 1.64 bits per heavy atom. The van der Waals surface area contributed by atoms with Gasteiger partial charge in [0.1, 0.15) is 17.9 Å². The quantitative estimate of drug-likeness (QED) is 0.341. The molecule has 0 bridgehead atoms. The number of nitrogens with zero attached hydrogens (tertiary/aromatic N) is 1. The van der Waals surface area contributed by atoms with Crippen LogP contribution < -0.4 is 15.2 Å². The number of nitrogens with one attached hydrogen (secondary N) is 1. The summed E-state index contributed by atoms with van der Waals surface area (Å²) in [5, 5.41) is 1.15. The summed E-state index contributed by atoms with van der Waals surface area (Å²) in [4.78, 5) is 37.0. The fraction of sp³-hybridized carbons (Fsp3) is 0.115. The van der Waals surface area contributed by atoms with E-state index in [4.69, 9.17) is 9.47 Å². The number of carbonyl (C=O) groups excluding carboxylic acids is 3. The topological polar surface area (TPSA) is 84.9 Å². The molecule has 7 heteroatoms. The molecule has 0 aromatic heterocycles. The number of hydrogen-bond donors (Lipinski definition) is 1. The smallest absolute Gasteiger partial charge is 0.338 e. The van der Waals surface area contributed by atoms with Gasteiger partial charge in [0.15, 0.2) is 0 Å². The highest BCUT2D eigenvalue weighted by Gasteiger charge is 2.34. The van der Waals surface area contributed by atoms with Gasteiger partial charge in [-0.25, -0.2) is 9.80 Å². The zero-order valence-electron chi connectivity index (χ0n) is 18.0. The van der Waals surface area contributed by atoms with Crippen LogP contribution in [0.15, 0.2) is 84.4 Å². The van der Waals surface area contributed by atoms with Crippen LogP contribution in [0.3, 0.4) is 0 Å². The average molecular weight is 442 g/mol. The van der Waals surface area contributed by atoms with Crippen molar-refractivity contribution in [3.63, 3.8) is 0 Å². The number of amides is 2. The number of anilines is 1. The molecule has 0 spiro atoms. The Kier molecular flexibility index (Phi) is 6.50. The maximum atomic E-state index is 12.8. The van der Waals surface area contributed by atoms with Gasteiger partial charge in [-0.3, -0.25) is 15.0 Å². The first kappa shape index (κ1) is 21.8. The number of benzene rings is 3. The third-order valence-corrected chi connectivity index (χ3v) is 4.97. The van der Waals surface area contributed by atoms with Crippen molar-refractivity contribution in [2.75, 3.05) is 11.6 Å². The first-order valence-corrected chi connectivity index (χ1v) is 10.5. The van der Waals surface area contributed by atoms with E-state index in [1.54, 1.807) is 55.5 Å². The normalized spacial score (nSPS) is 14.3. The lowest BCUT2D eigenvalue weighted by molar-refractivity contribution is -0.117. The Labute approximate surface area is 191 Å². The summed E-state index contributed by atoms with van der Waals surface area (Å²) in [7, 11) is 0. The fourth-order valence-electron chi connectivity index (χ4n) is 3.27. The van der Waals surface area contributed by atoms with Gasteiger partial charge in [-0.1, -0.05) is 42.5 Å². The summed E-state index contributed by atoms with van der Waals surface area (Å²) in [6.07, 6.45) is 1.53. The van der Waals surface area contributed by atoms with Crippen LogP contribution in [0.2, 0.25) is 0 Å². The lowest BCUT2D eigenvalue weighted by atomic mass is 10.1. The second kappa shape index (κ2) is 9.82. The van der Waals surface area contributed by atoms with Gasteiger partial charge in [0.2, 0.25) is 0 Å². The van der Waals surface area contributed by atoms with Gasteiger partial charge in [0, 0.05) is 0 Å². The molecule has 4 rings (SSSR count). The summed E-state index contributed by atoms with van der Waals surface area (Å²) in [6.45, 7) is 2.45. The molecule has 1 fully saturated rings.